The maximum absolute atomic E-state index is 5.97. The zero-order valence-electron chi connectivity index (χ0n) is 13.1. The summed E-state index contributed by atoms with van der Waals surface area (Å²) in [6.45, 7) is 18.3. The smallest absolute Gasteiger partial charge is 0.0224 e. The fourth-order valence-electron chi connectivity index (χ4n) is 2.90. The van der Waals surface area contributed by atoms with Crippen LogP contribution in [0.15, 0.2) is 0 Å². The molecule has 1 atom stereocenters. The van der Waals surface area contributed by atoms with E-state index in [1.54, 1.807) is 0 Å². The highest BCUT2D eigenvalue weighted by atomic mass is 15.3. The third kappa shape index (κ3) is 5.68. The molecule has 0 bridgehead atoms. The molecule has 1 saturated heterocycles. The Balaban J connectivity index is 2.40. The van der Waals surface area contributed by atoms with Gasteiger partial charge in [-0.25, -0.2) is 0 Å². The van der Waals surface area contributed by atoms with Crippen LogP contribution in [0.5, 0.6) is 0 Å². The number of hydrogen-bond acceptors (Lipinski definition) is 3. The molecule has 18 heavy (non-hydrogen) atoms. The fraction of sp³-hybridized carbons (Fsp3) is 1.00. The van der Waals surface area contributed by atoms with Crippen molar-refractivity contribution in [2.75, 3.05) is 39.3 Å². The van der Waals surface area contributed by atoms with Crippen LogP contribution in [-0.4, -0.2) is 55.1 Å². The summed E-state index contributed by atoms with van der Waals surface area (Å²) >= 11 is 0. The van der Waals surface area contributed by atoms with Gasteiger partial charge in [-0.1, -0.05) is 34.6 Å². The first-order valence-corrected chi connectivity index (χ1v) is 7.48. The van der Waals surface area contributed by atoms with E-state index in [9.17, 15) is 0 Å². The minimum atomic E-state index is 0.374. The lowest BCUT2D eigenvalue weighted by molar-refractivity contribution is 0.0744. The molecule has 3 nitrogen and oxygen atoms in total. The normalized spacial score (nSPS) is 21.5. The summed E-state index contributed by atoms with van der Waals surface area (Å²) in [5.41, 5.74) is 6.35. The average Bonchev–Trinajstić information content (AvgIpc) is 2.25. The molecule has 0 amide bonds. The molecule has 0 aromatic rings. The summed E-state index contributed by atoms with van der Waals surface area (Å²) in [4.78, 5) is 5.19. The molecule has 1 aliphatic rings. The van der Waals surface area contributed by atoms with Crippen molar-refractivity contribution >= 4 is 0 Å². The fourth-order valence-corrected chi connectivity index (χ4v) is 2.90. The largest absolute Gasteiger partial charge is 0.329 e. The van der Waals surface area contributed by atoms with E-state index in [-0.39, 0.29) is 0 Å². The van der Waals surface area contributed by atoms with Crippen LogP contribution in [0.3, 0.4) is 0 Å². The molecule has 0 aromatic heterocycles. The van der Waals surface area contributed by atoms with Crippen molar-refractivity contribution in [2.24, 2.45) is 17.1 Å². The first-order chi connectivity index (χ1) is 8.31. The molecule has 1 fully saturated rings. The van der Waals surface area contributed by atoms with Gasteiger partial charge in [-0.3, -0.25) is 4.90 Å². The Morgan fingerprint density at radius 1 is 1.06 bits per heavy atom. The van der Waals surface area contributed by atoms with E-state index in [4.69, 9.17) is 5.73 Å². The van der Waals surface area contributed by atoms with E-state index in [0.29, 0.717) is 11.5 Å². The molecule has 1 rings (SSSR count). The first kappa shape index (κ1) is 15.9. The topological polar surface area (TPSA) is 32.5 Å². The van der Waals surface area contributed by atoms with Gasteiger partial charge in [-0.05, 0) is 17.8 Å². The number of nitrogens with two attached hydrogens (primary N) is 1. The van der Waals surface area contributed by atoms with Crippen LogP contribution >= 0.6 is 0 Å². The Morgan fingerprint density at radius 3 is 2.00 bits per heavy atom. The molecule has 1 heterocycles. The van der Waals surface area contributed by atoms with E-state index in [2.05, 4.69) is 44.4 Å². The molecule has 1 unspecified atom stereocenters. The lowest BCUT2D eigenvalue weighted by atomic mass is 9.87. The molecule has 0 aromatic carbocycles. The standard InChI is InChI=1S/C15H33N3/c1-13(2)12-17-6-8-18(9-7-17)14(11-16)10-15(3,4)5/h13-14H,6-12,16H2,1-5H3. The molecule has 0 spiro atoms. The summed E-state index contributed by atoms with van der Waals surface area (Å²) < 4.78 is 0. The maximum atomic E-state index is 5.97. The lowest BCUT2D eigenvalue weighted by Gasteiger charge is -2.41. The molecule has 1 aliphatic heterocycles. The second kappa shape index (κ2) is 6.88. The Bertz CT molecular complexity index is 224. The van der Waals surface area contributed by atoms with Gasteiger partial charge in [0.05, 0.1) is 0 Å². The quantitative estimate of drug-likeness (QED) is 0.816. The highest BCUT2D eigenvalue weighted by Crippen LogP contribution is 2.23. The lowest BCUT2D eigenvalue weighted by Crippen LogP contribution is -2.53. The highest BCUT2D eigenvalue weighted by molar-refractivity contribution is 4.82. The molecule has 0 saturated carbocycles. The van der Waals surface area contributed by atoms with Crippen LogP contribution in [0, 0.1) is 11.3 Å². The van der Waals surface area contributed by atoms with Crippen LogP contribution < -0.4 is 5.73 Å². The minimum Gasteiger partial charge on any atom is -0.329 e. The van der Waals surface area contributed by atoms with Gasteiger partial charge in [0.15, 0.2) is 0 Å². The number of piperazine rings is 1. The summed E-state index contributed by atoms with van der Waals surface area (Å²) in [5, 5.41) is 0. The van der Waals surface area contributed by atoms with Crippen LogP contribution in [-0.2, 0) is 0 Å². The van der Waals surface area contributed by atoms with E-state index in [0.717, 1.165) is 12.5 Å². The Labute approximate surface area is 114 Å². The van der Waals surface area contributed by atoms with Gasteiger partial charge in [-0.2, -0.15) is 0 Å². The van der Waals surface area contributed by atoms with Gasteiger partial charge in [0.1, 0.15) is 0 Å². The predicted molar refractivity (Wildman–Crippen MR) is 79.8 cm³/mol. The second-order valence-electron chi connectivity index (χ2n) is 7.38. The van der Waals surface area contributed by atoms with Gasteiger partial charge >= 0.3 is 0 Å². The van der Waals surface area contributed by atoms with Crippen LogP contribution in [0.4, 0.5) is 0 Å². The second-order valence-corrected chi connectivity index (χ2v) is 7.38. The van der Waals surface area contributed by atoms with Gasteiger partial charge in [0, 0.05) is 45.3 Å². The molecule has 3 heteroatoms. The van der Waals surface area contributed by atoms with Crippen molar-refractivity contribution in [1.82, 2.24) is 9.80 Å². The molecular weight excluding hydrogens is 222 g/mol. The molecule has 108 valence electrons. The van der Waals surface area contributed by atoms with Crippen molar-refractivity contribution in [1.29, 1.82) is 0 Å². The van der Waals surface area contributed by atoms with Crippen molar-refractivity contribution in [3.05, 3.63) is 0 Å². The Hall–Kier alpha value is -0.120. The van der Waals surface area contributed by atoms with Gasteiger partial charge in [0.25, 0.3) is 0 Å². The molecule has 0 aliphatic carbocycles. The average molecular weight is 255 g/mol. The predicted octanol–water partition coefficient (Wildman–Crippen LogP) is 2.02. The van der Waals surface area contributed by atoms with E-state index < -0.39 is 0 Å². The van der Waals surface area contributed by atoms with Crippen molar-refractivity contribution in [3.8, 4) is 0 Å². The van der Waals surface area contributed by atoms with Crippen LogP contribution in [0.25, 0.3) is 0 Å². The Morgan fingerprint density at radius 2 is 1.61 bits per heavy atom. The third-order valence-electron chi connectivity index (χ3n) is 3.67. The van der Waals surface area contributed by atoms with Crippen molar-refractivity contribution < 1.29 is 0 Å². The van der Waals surface area contributed by atoms with Gasteiger partial charge < -0.3 is 10.6 Å². The number of hydrogen-bond donors (Lipinski definition) is 1. The first-order valence-electron chi connectivity index (χ1n) is 7.48. The van der Waals surface area contributed by atoms with E-state index in [1.807, 2.05) is 0 Å². The van der Waals surface area contributed by atoms with Crippen LogP contribution in [0.1, 0.15) is 41.0 Å². The zero-order valence-corrected chi connectivity index (χ0v) is 13.1. The maximum Gasteiger partial charge on any atom is 0.0224 e. The van der Waals surface area contributed by atoms with E-state index in [1.165, 1.54) is 39.1 Å². The number of nitrogens with zero attached hydrogens (tertiary/aromatic N) is 2. The molecule has 2 N–H and O–H groups in total. The summed E-state index contributed by atoms with van der Waals surface area (Å²) in [7, 11) is 0. The molecule has 0 radical (unpaired) electrons. The zero-order chi connectivity index (χ0) is 13.8. The van der Waals surface area contributed by atoms with Crippen LogP contribution in [0.2, 0.25) is 0 Å². The highest BCUT2D eigenvalue weighted by Gasteiger charge is 2.26. The summed E-state index contributed by atoms with van der Waals surface area (Å²) in [6.07, 6.45) is 1.20. The molecular formula is C15H33N3. The Kier molecular flexibility index (Phi) is 6.09. The minimum absolute atomic E-state index is 0.374. The monoisotopic (exact) mass is 255 g/mol. The SMILES string of the molecule is CC(C)CN1CCN(C(CN)CC(C)(C)C)CC1. The summed E-state index contributed by atoms with van der Waals surface area (Å²) in [5.74, 6) is 0.774. The van der Waals surface area contributed by atoms with Crippen molar-refractivity contribution in [2.45, 2.75) is 47.1 Å². The van der Waals surface area contributed by atoms with Crippen molar-refractivity contribution in [3.63, 3.8) is 0 Å². The summed E-state index contributed by atoms with van der Waals surface area (Å²) in [6, 6.07) is 0.561. The van der Waals surface area contributed by atoms with Gasteiger partial charge in [-0.15, -0.1) is 0 Å². The van der Waals surface area contributed by atoms with E-state index >= 15 is 0 Å². The third-order valence-corrected chi connectivity index (χ3v) is 3.67. The van der Waals surface area contributed by atoms with Gasteiger partial charge in [0.2, 0.25) is 0 Å². The number of rotatable bonds is 5.